The van der Waals surface area contributed by atoms with Crippen molar-refractivity contribution in [3.8, 4) is 0 Å². The van der Waals surface area contributed by atoms with Crippen LogP contribution in [0, 0.1) is 5.92 Å². The lowest BCUT2D eigenvalue weighted by Crippen LogP contribution is -2.44. The Morgan fingerprint density at radius 3 is 2.68 bits per heavy atom. The molecule has 1 amide bonds. The molecule has 0 aliphatic carbocycles. The molecule has 1 aliphatic rings. The lowest BCUT2D eigenvalue weighted by atomic mass is 10.0. The summed E-state index contributed by atoms with van der Waals surface area (Å²) in [6.45, 7) is 3.85. The number of nitrogens with one attached hydrogen (secondary N) is 2. The van der Waals surface area contributed by atoms with Gasteiger partial charge in [-0.3, -0.25) is 4.79 Å². The normalized spacial score (nSPS) is 23.6. The third-order valence-corrected chi connectivity index (χ3v) is 3.07. The maximum atomic E-state index is 11.9. The van der Waals surface area contributed by atoms with Gasteiger partial charge >= 0.3 is 6.18 Å². The fourth-order valence-corrected chi connectivity index (χ4v) is 2.07. The first-order valence-electron chi connectivity index (χ1n) is 6.59. The number of ether oxygens (including phenoxy) is 1. The van der Waals surface area contributed by atoms with E-state index in [0.717, 1.165) is 6.54 Å². The van der Waals surface area contributed by atoms with Gasteiger partial charge in [-0.2, -0.15) is 13.2 Å². The van der Waals surface area contributed by atoms with Gasteiger partial charge in [-0.05, 0) is 19.4 Å². The predicted molar refractivity (Wildman–Crippen MR) is 64.7 cm³/mol. The van der Waals surface area contributed by atoms with E-state index in [1.54, 1.807) is 0 Å². The number of rotatable bonds is 7. The van der Waals surface area contributed by atoms with Gasteiger partial charge < -0.3 is 15.4 Å². The molecule has 7 heteroatoms. The Hall–Kier alpha value is -0.820. The molecule has 0 aromatic rings. The molecule has 1 saturated heterocycles. The van der Waals surface area contributed by atoms with E-state index in [4.69, 9.17) is 4.74 Å². The minimum Gasteiger partial charge on any atom is -0.379 e. The maximum absolute atomic E-state index is 11.9. The van der Waals surface area contributed by atoms with Crippen LogP contribution in [0.5, 0.6) is 0 Å². The highest BCUT2D eigenvalue weighted by atomic mass is 19.4. The second-order valence-electron chi connectivity index (χ2n) is 4.67. The molecule has 1 fully saturated rings. The number of hydrogen-bond donors (Lipinski definition) is 2. The average molecular weight is 282 g/mol. The standard InChI is InChI=1S/C12H21F3N2O2/c1-2-16-10-8-19-7-9(10)11(18)17-6-4-3-5-12(13,14)15/h9-10,16H,2-8H2,1H3,(H,17,18). The fourth-order valence-electron chi connectivity index (χ4n) is 2.07. The summed E-state index contributed by atoms with van der Waals surface area (Å²) in [5.74, 6) is -0.391. The van der Waals surface area contributed by atoms with Crippen molar-refractivity contribution in [2.45, 2.75) is 38.4 Å². The van der Waals surface area contributed by atoms with Crippen molar-refractivity contribution in [2.75, 3.05) is 26.3 Å². The maximum Gasteiger partial charge on any atom is 0.389 e. The summed E-state index contributed by atoms with van der Waals surface area (Å²) in [5, 5.41) is 5.84. The van der Waals surface area contributed by atoms with Crippen LogP contribution in [0.4, 0.5) is 13.2 Å². The molecule has 19 heavy (non-hydrogen) atoms. The Labute approximate surface area is 111 Å². The molecular weight excluding hydrogens is 261 g/mol. The van der Waals surface area contributed by atoms with Gasteiger partial charge in [0.2, 0.25) is 5.91 Å². The summed E-state index contributed by atoms with van der Waals surface area (Å²) < 4.78 is 41.0. The first kappa shape index (κ1) is 16.2. The first-order chi connectivity index (χ1) is 8.94. The summed E-state index contributed by atoms with van der Waals surface area (Å²) in [6, 6.07) is 0.000162. The average Bonchev–Trinajstić information content (AvgIpc) is 2.75. The number of amides is 1. The molecule has 2 atom stereocenters. The van der Waals surface area contributed by atoms with E-state index in [1.165, 1.54) is 0 Å². The molecule has 0 aromatic heterocycles. The molecule has 1 heterocycles. The largest absolute Gasteiger partial charge is 0.389 e. The number of alkyl halides is 3. The van der Waals surface area contributed by atoms with Crippen molar-refractivity contribution in [3.63, 3.8) is 0 Å². The molecule has 0 spiro atoms. The van der Waals surface area contributed by atoms with Crippen molar-refractivity contribution >= 4 is 5.91 Å². The van der Waals surface area contributed by atoms with Crippen molar-refractivity contribution in [1.82, 2.24) is 10.6 Å². The molecule has 0 saturated carbocycles. The van der Waals surface area contributed by atoms with Crippen LogP contribution in [-0.4, -0.2) is 44.4 Å². The Kier molecular flexibility index (Phi) is 6.57. The van der Waals surface area contributed by atoms with Crippen LogP contribution in [0.25, 0.3) is 0 Å². The summed E-state index contributed by atoms with van der Waals surface area (Å²) in [7, 11) is 0. The van der Waals surface area contributed by atoms with Crippen molar-refractivity contribution in [2.24, 2.45) is 5.92 Å². The highest BCUT2D eigenvalue weighted by Gasteiger charge is 2.33. The minimum atomic E-state index is -4.11. The predicted octanol–water partition coefficient (Wildman–Crippen LogP) is 1.46. The van der Waals surface area contributed by atoms with Crippen LogP contribution in [-0.2, 0) is 9.53 Å². The molecule has 0 radical (unpaired) electrons. The van der Waals surface area contributed by atoms with Crippen LogP contribution in [0.2, 0.25) is 0 Å². The molecule has 4 nitrogen and oxygen atoms in total. The lowest BCUT2D eigenvalue weighted by molar-refractivity contribution is -0.135. The van der Waals surface area contributed by atoms with Gasteiger partial charge in [0.1, 0.15) is 0 Å². The summed E-state index contributed by atoms with van der Waals surface area (Å²) in [6.07, 6.45) is -4.53. The van der Waals surface area contributed by atoms with E-state index in [1.807, 2.05) is 6.92 Å². The first-order valence-corrected chi connectivity index (χ1v) is 6.59. The molecule has 2 unspecified atom stereocenters. The topological polar surface area (TPSA) is 50.4 Å². The number of carbonyl (C=O) groups is 1. The van der Waals surface area contributed by atoms with Gasteiger partial charge in [0, 0.05) is 19.0 Å². The highest BCUT2D eigenvalue weighted by molar-refractivity contribution is 5.79. The number of hydrogen-bond acceptors (Lipinski definition) is 3. The van der Waals surface area contributed by atoms with Crippen LogP contribution in [0.1, 0.15) is 26.2 Å². The van der Waals surface area contributed by atoms with Gasteiger partial charge in [0.05, 0.1) is 19.1 Å². The number of halogens is 3. The summed E-state index contributed by atoms with van der Waals surface area (Å²) >= 11 is 0. The van der Waals surface area contributed by atoms with Gasteiger partial charge in [-0.1, -0.05) is 6.92 Å². The second kappa shape index (κ2) is 7.69. The third kappa shape index (κ3) is 6.24. The van der Waals surface area contributed by atoms with E-state index in [0.29, 0.717) is 19.6 Å². The molecule has 0 bridgehead atoms. The zero-order chi connectivity index (χ0) is 14.3. The van der Waals surface area contributed by atoms with E-state index in [2.05, 4.69) is 10.6 Å². The minimum absolute atomic E-state index is 0.000162. The quantitative estimate of drug-likeness (QED) is 0.695. The number of unbranched alkanes of at least 4 members (excludes halogenated alkanes) is 1. The van der Waals surface area contributed by atoms with Crippen LogP contribution in [0.3, 0.4) is 0 Å². The fraction of sp³-hybridized carbons (Fsp3) is 0.917. The molecule has 112 valence electrons. The third-order valence-electron chi connectivity index (χ3n) is 3.07. The zero-order valence-electron chi connectivity index (χ0n) is 11.1. The van der Waals surface area contributed by atoms with Gasteiger partial charge in [0.15, 0.2) is 0 Å². The highest BCUT2D eigenvalue weighted by Crippen LogP contribution is 2.22. The molecule has 2 N–H and O–H groups in total. The Morgan fingerprint density at radius 1 is 1.32 bits per heavy atom. The van der Waals surface area contributed by atoms with E-state index < -0.39 is 12.6 Å². The van der Waals surface area contributed by atoms with E-state index in [-0.39, 0.29) is 30.8 Å². The lowest BCUT2D eigenvalue weighted by Gasteiger charge is -2.17. The van der Waals surface area contributed by atoms with Crippen molar-refractivity contribution in [1.29, 1.82) is 0 Å². The Morgan fingerprint density at radius 2 is 2.05 bits per heavy atom. The molecule has 1 rings (SSSR count). The Bertz CT molecular complexity index is 285. The van der Waals surface area contributed by atoms with Gasteiger partial charge in [-0.25, -0.2) is 0 Å². The van der Waals surface area contributed by atoms with Crippen LogP contribution < -0.4 is 10.6 Å². The van der Waals surface area contributed by atoms with Gasteiger partial charge in [0.25, 0.3) is 0 Å². The van der Waals surface area contributed by atoms with Crippen molar-refractivity contribution < 1.29 is 22.7 Å². The van der Waals surface area contributed by atoms with Crippen LogP contribution >= 0.6 is 0 Å². The monoisotopic (exact) mass is 282 g/mol. The van der Waals surface area contributed by atoms with Crippen LogP contribution in [0.15, 0.2) is 0 Å². The zero-order valence-corrected chi connectivity index (χ0v) is 11.1. The Balaban J connectivity index is 2.17. The molecule has 1 aliphatic heterocycles. The number of carbonyl (C=O) groups excluding carboxylic acids is 1. The number of likely N-dealkylation sites (N-methyl/N-ethyl adjacent to an activating group) is 1. The van der Waals surface area contributed by atoms with Gasteiger partial charge in [-0.15, -0.1) is 0 Å². The SMILES string of the molecule is CCNC1COCC1C(=O)NCCCCC(F)(F)F. The molecular formula is C12H21F3N2O2. The van der Waals surface area contributed by atoms with E-state index in [9.17, 15) is 18.0 Å². The van der Waals surface area contributed by atoms with E-state index >= 15 is 0 Å². The summed E-state index contributed by atoms with van der Waals surface area (Å²) in [5.41, 5.74) is 0. The summed E-state index contributed by atoms with van der Waals surface area (Å²) in [4.78, 5) is 11.8. The second-order valence-corrected chi connectivity index (χ2v) is 4.67. The molecule has 0 aromatic carbocycles. The van der Waals surface area contributed by atoms with Crippen molar-refractivity contribution in [3.05, 3.63) is 0 Å². The smallest absolute Gasteiger partial charge is 0.379 e.